The second kappa shape index (κ2) is 2.69. The minimum atomic E-state index is 0.154. The number of carbonyl (C=O) groups is 1. The number of rotatable bonds is 1. The van der Waals surface area contributed by atoms with E-state index in [9.17, 15) is 4.79 Å². The van der Waals surface area contributed by atoms with Crippen molar-refractivity contribution in [1.82, 2.24) is 14.8 Å². The summed E-state index contributed by atoms with van der Waals surface area (Å²) in [5.74, 6) is 2.06. The van der Waals surface area contributed by atoms with Gasteiger partial charge in [-0.2, -0.15) is 0 Å². The lowest BCUT2D eigenvalue weighted by molar-refractivity contribution is -0.111. The molecule has 0 bridgehead atoms. The zero-order chi connectivity index (χ0) is 8.55. The van der Waals surface area contributed by atoms with E-state index in [4.69, 9.17) is 0 Å². The average molecular weight is 165 g/mol. The molecule has 64 valence electrons. The van der Waals surface area contributed by atoms with Gasteiger partial charge in [-0.1, -0.05) is 0 Å². The monoisotopic (exact) mass is 165 g/mol. The summed E-state index contributed by atoms with van der Waals surface area (Å²) in [5, 5.41) is 7.97. The second-order valence-corrected chi connectivity index (χ2v) is 3.20. The molecule has 12 heavy (non-hydrogen) atoms. The zero-order valence-electron chi connectivity index (χ0n) is 7.03. The maximum absolute atomic E-state index is 10.5. The molecule has 0 saturated carbocycles. The summed E-state index contributed by atoms with van der Waals surface area (Å²) in [7, 11) is 0. The van der Waals surface area contributed by atoms with E-state index in [0.717, 1.165) is 37.3 Å². The summed E-state index contributed by atoms with van der Waals surface area (Å²) in [4.78, 5) is 10.5. The Hall–Kier alpha value is -1.19. The van der Waals surface area contributed by atoms with Gasteiger partial charge in [-0.05, 0) is 13.3 Å². The van der Waals surface area contributed by atoms with Gasteiger partial charge in [-0.15, -0.1) is 10.2 Å². The molecule has 1 aliphatic rings. The summed E-state index contributed by atoms with van der Waals surface area (Å²) >= 11 is 0. The van der Waals surface area contributed by atoms with Crippen LogP contribution in [0.3, 0.4) is 0 Å². The Balaban J connectivity index is 2.30. The van der Waals surface area contributed by atoms with Crippen molar-refractivity contribution in [1.29, 1.82) is 0 Å². The molecule has 0 saturated heterocycles. The van der Waals surface area contributed by atoms with Crippen molar-refractivity contribution < 1.29 is 4.79 Å². The summed E-state index contributed by atoms with van der Waals surface area (Å²) in [6.07, 6.45) is 2.70. The van der Waals surface area contributed by atoms with Crippen molar-refractivity contribution in [3.63, 3.8) is 0 Å². The number of carbonyl (C=O) groups excluding carboxylic acids is 1. The Bertz CT molecular complexity index is 305. The number of aryl methyl sites for hydroxylation is 1. The topological polar surface area (TPSA) is 47.8 Å². The Morgan fingerprint density at radius 1 is 1.58 bits per heavy atom. The van der Waals surface area contributed by atoms with Crippen molar-refractivity contribution in [2.45, 2.75) is 26.3 Å². The highest BCUT2D eigenvalue weighted by Gasteiger charge is 2.20. The van der Waals surface area contributed by atoms with Crippen LogP contribution in [0, 0.1) is 12.8 Å². The van der Waals surface area contributed by atoms with Crippen LogP contribution in [0.1, 0.15) is 18.1 Å². The van der Waals surface area contributed by atoms with Gasteiger partial charge in [0.05, 0.1) is 0 Å². The molecular weight excluding hydrogens is 154 g/mol. The first-order valence-corrected chi connectivity index (χ1v) is 4.15. The van der Waals surface area contributed by atoms with Crippen LogP contribution in [0.5, 0.6) is 0 Å². The lowest BCUT2D eigenvalue weighted by Crippen LogP contribution is -2.20. The Labute approximate surface area is 70.6 Å². The van der Waals surface area contributed by atoms with E-state index >= 15 is 0 Å². The summed E-state index contributed by atoms with van der Waals surface area (Å²) < 4.78 is 2.08. The highest BCUT2D eigenvalue weighted by molar-refractivity contribution is 5.54. The molecule has 0 spiro atoms. The van der Waals surface area contributed by atoms with Gasteiger partial charge in [0.15, 0.2) is 0 Å². The fourth-order valence-electron chi connectivity index (χ4n) is 1.61. The van der Waals surface area contributed by atoms with E-state index in [1.165, 1.54) is 0 Å². The number of fused-ring (bicyclic) bond motifs is 1. The largest absolute Gasteiger partial charge is 0.315 e. The van der Waals surface area contributed by atoms with E-state index in [1.54, 1.807) is 0 Å². The fraction of sp³-hybridized carbons (Fsp3) is 0.625. The van der Waals surface area contributed by atoms with Crippen molar-refractivity contribution >= 4 is 6.29 Å². The molecular formula is C8H11N3O. The smallest absolute Gasteiger partial charge is 0.133 e. The first kappa shape index (κ1) is 7.46. The maximum Gasteiger partial charge on any atom is 0.133 e. The first-order chi connectivity index (χ1) is 5.81. The molecule has 0 amide bonds. The number of aldehydes is 1. The van der Waals surface area contributed by atoms with Gasteiger partial charge >= 0.3 is 0 Å². The van der Waals surface area contributed by atoms with Crippen molar-refractivity contribution in [3.05, 3.63) is 11.6 Å². The van der Waals surface area contributed by atoms with Crippen molar-refractivity contribution in [2.75, 3.05) is 0 Å². The predicted molar refractivity (Wildman–Crippen MR) is 42.6 cm³/mol. The van der Waals surface area contributed by atoms with Crippen LogP contribution < -0.4 is 0 Å². The molecule has 0 fully saturated rings. The lowest BCUT2D eigenvalue weighted by atomic mass is 10.00. The summed E-state index contributed by atoms with van der Waals surface area (Å²) in [6.45, 7) is 2.83. The highest BCUT2D eigenvalue weighted by Crippen LogP contribution is 2.17. The van der Waals surface area contributed by atoms with Gasteiger partial charge in [0, 0.05) is 18.9 Å². The maximum atomic E-state index is 10.5. The zero-order valence-corrected chi connectivity index (χ0v) is 7.03. The normalized spacial score (nSPS) is 21.9. The van der Waals surface area contributed by atoms with Crippen molar-refractivity contribution in [3.8, 4) is 0 Å². The van der Waals surface area contributed by atoms with Gasteiger partial charge < -0.3 is 9.36 Å². The van der Waals surface area contributed by atoms with E-state index in [0.29, 0.717) is 0 Å². The molecule has 0 radical (unpaired) electrons. The molecule has 0 aliphatic carbocycles. The van der Waals surface area contributed by atoms with Crippen LogP contribution in [0.25, 0.3) is 0 Å². The number of hydrogen-bond acceptors (Lipinski definition) is 3. The Morgan fingerprint density at radius 2 is 2.42 bits per heavy atom. The van der Waals surface area contributed by atoms with Crippen LogP contribution in [0.15, 0.2) is 0 Å². The van der Waals surface area contributed by atoms with Gasteiger partial charge in [0.1, 0.15) is 17.9 Å². The average Bonchev–Trinajstić information content (AvgIpc) is 2.47. The van der Waals surface area contributed by atoms with Gasteiger partial charge in [0.25, 0.3) is 0 Å². The molecule has 1 aromatic heterocycles. The Morgan fingerprint density at radius 3 is 3.17 bits per heavy atom. The van der Waals surface area contributed by atoms with Crippen LogP contribution in [0.4, 0.5) is 0 Å². The third-order valence-corrected chi connectivity index (χ3v) is 2.37. The summed E-state index contributed by atoms with van der Waals surface area (Å²) in [5.41, 5.74) is 0. The Kier molecular flexibility index (Phi) is 1.67. The lowest BCUT2D eigenvalue weighted by Gasteiger charge is -2.18. The van der Waals surface area contributed by atoms with E-state index in [-0.39, 0.29) is 5.92 Å². The van der Waals surface area contributed by atoms with Gasteiger partial charge in [0.2, 0.25) is 0 Å². The molecule has 2 heterocycles. The van der Waals surface area contributed by atoms with E-state index in [2.05, 4.69) is 14.8 Å². The SMILES string of the molecule is Cc1nnc2n1CCC(C=O)C2. The molecule has 0 aromatic carbocycles. The molecule has 1 aromatic rings. The van der Waals surface area contributed by atoms with Crippen LogP contribution in [-0.4, -0.2) is 21.1 Å². The minimum absolute atomic E-state index is 0.154. The number of hydrogen-bond donors (Lipinski definition) is 0. The quantitative estimate of drug-likeness (QED) is 0.564. The van der Waals surface area contributed by atoms with Crippen molar-refractivity contribution in [2.24, 2.45) is 5.92 Å². The molecule has 4 nitrogen and oxygen atoms in total. The van der Waals surface area contributed by atoms with E-state index in [1.807, 2.05) is 6.92 Å². The molecule has 4 heteroatoms. The fourth-order valence-corrected chi connectivity index (χ4v) is 1.61. The van der Waals surface area contributed by atoms with Crippen LogP contribution in [0.2, 0.25) is 0 Å². The molecule has 1 aliphatic heterocycles. The number of aromatic nitrogens is 3. The second-order valence-electron chi connectivity index (χ2n) is 3.20. The van der Waals surface area contributed by atoms with Gasteiger partial charge in [-0.25, -0.2) is 0 Å². The highest BCUT2D eigenvalue weighted by atomic mass is 16.1. The van der Waals surface area contributed by atoms with Crippen LogP contribution >= 0.6 is 0 Å². The molecule has 2 rings (SSSR count). The molecule has 1 unspecified atom stereocenters. The number of nitrogens with zero attached hydrogens (tertiary/aromatic N) is 3. The molecule has 1 atom stereocenters. The van der Waals surface area contributed by atoms with Crippen LogP contribution in [-0.2, 0) is 17.8 Å². The third-order valence-electron chi connectivity index (χ3n) is 2.37. The first-order valence-electron chi connectivity index (χ1n) is 4.15. The van der Waals surface area contributed by atoms with E-state index < -0.39 is 0 Å². The minimum Gasteiger partial charge on any atom is -0.315 e. The van der Waals surface area contributed by atoms with Gasteiger partial charge in [-0.3, -0.25) is 0 Å². The predicted octanol–water partition coefficient (Wildman–Crippen LogP) is 0.348. The third kappa shape index (κ3) is 1.03. The molecule has 0 N–H and O–H groups in total. The summed E-state index contributed by atoms with van der Waals surface area (Å²) in [6, 6.07) is 0. The standard InChI is InChI=1S/C8H11N3O/c1-6-9-10-8-4-7(5-12)2-3-11(6)8/h5,7H,2-4H2,1H3.